The number of H-pyrrole nitrogens is 1. The Hall–Kier alpha value is -1.61. The summed E-state index contributed by atoms with van der Waals surface area (Å²) in [5.41, 5.74) is 4.10. The van der Waals surface area contributed by atoms with Crippen molar-refractivity contribution in [1.29, 1.82) is 0 Å². The lowest BCUT2D eigenvalue weighted by atomic mass is 10.0. The van der Waals surface area contributed by atoms with Gasteiger partial charge in [-0.2, -0.15) is 0 Å². The van der Waals surface area contributed by atoms with Gasteiger partial charge in [-0.05, 0) is 24.0 Å². The van der Waals surface area contributed by atoms with Crippen molar-refractivity contribution in [2.75, 3.05) is 0 Å². The summed E-state index contributed by atoms with van der Waals surface area (Å²) < 4.78 is 0. The molecule has 1 aromatic carbocycles. The topological polar surface area (TPSA) is 40.7 Å². The third-order valence-electron chi connectivity index (χ3n) is 3.81. The minimum atomic E-state index is 0.448. The van der Waals surface area contributed by atoms with Crippen molar-refractivity contribution in [2.24, 2.45) is 0 Å². The number of nitrogens with zero attached hydrogens (tertiary/aromatic N) is 1. The molecule has 0 radical (unpaired) electrons. The van der Waals surface area contributed by atoms with Crippen LogP contribution < -0.4 is 5.32 Å². The van der Waals surface area contributed by atoms with Gasteiger partial charge in [0.05, 0.1) is 0 Å². The second kappa shape index (κ2) is 5.17. The number of fused-ring (bicyclic) bond motifs is 1. The van der Waals surface area contributed by atoms with Gasteiger partial charge in [-0.25, -0.2) is 4.98 Å². The maximum Gasteiger partial charge on any atom is 0.113 e. The Balaban J connectivity index is 1.77. The molecular formula is C16H21N3. The lowest BCUT2D eigenvalue weighted by molar-refractivity contribution is 0.581. The highest BCUT2D eigenvalue weighted by Crippen LogP contribution is 2.36. The fourth-order valence-corrected chi connectivity index (χ4v) is 2.80. The van der Waals surface area contributed by atoms with E-state index in [2.05, 4.69) is 53.4 Å². The molecule has 2 N–H and O–H groups in total. The Labute approximate surface area is 114 Å². The van der Waals surface area contributed by atoms with Crippen molar-refractivity contribution in [3.05, 3.63) is 53.1 Å². The van der Waals surface area contributed by atoms with Crippen molar-refractivity contribution in [2.45, 2.75) is 45.2 Å². The zero-order valence-corrected chi connectivity index (χ0v) is 11.6. The highest BCUT2D eigenvalue weighted by molar-refractivity contribution is 5.38. The summed E-state index contributed by atoms with van der Waals surface area (Å²) in [4.78, 5) is 8.06. The van der Waals surface area contributed by atoms with Crippen LogP contribution in [0.5, 0.6) is 0 Å². The number of benzene rings is 1. The van der Waals surface area contributed by atoms with Gasteiger partial charge in [-0.3, -0.25) is 0 Å². The van der Waals surface area contributed by atoms with Crippen LogP contribution in [-0.2, 0) is 13.0 Å². The van der Waals surface area contributed by atoms with E-state index in [-0.39, 0.29) is 0 Å². The highest BCUT2D eigenvalue weighted by Gasteiger charge is 2.25. The van der Waals surface area contributed by atoms with E-state index in [1.54, 1.807) is 0 Å². The Bertz CT molecular complexity index is 557. The second-order valence-electron chi connectivity index (χ2n) is 5.62. The zero-order valence-electron chi connectivity index (χ0n) is 11.6. The molecule has 1 aromatic heterocycles. The van der Waals surface area contributed by atoms with Gasteiger partial charge < -0.3 is 10.3 Å². The largest absolute Gasteiger partial charge is 0.344 e. The molecule has 1 unspecified atom stereocenters. The van der Waals surface area contributed by atoms with Crippen LogP contribution in [0.2, 0.25) is 0 Å². The van der Waals surface area contributed by atoms with Crippen LogP contribution in [0.15, 0.2) is 30.5 Å². The van der Waals surface area contributed by atoms with Crippen LogP contribution >= 0.6 is 0 Å². The van der Waals surface area contributed by atoms with Crippen molar-refractivity contribution >= 4 is 0 Å². The highest BCUT2D eigenvalue weighted by atomic mass is 15.0. The van der Waals surface area contributed by atoms with Gasteiger partial charge in [0, 0.05) is 30.4 Å². The van der Waals surface area contributed by atoms with Crippen LogP contribution in [0, 0.1) is 0 Å². The van der Waals surface area contributed by atoms with Gasteiger partial charge in [0.15, 0.2) is 0 Å². The van der Waals surface area contributed by atoms with Crippen LogP contribution in [0.4, 0.5) is 0 Å². The SMILES string of the molecule is CC(C)NCc1cnc(C2CCc3ccccc32)[nH]1. The van der Waals surface area contributed by atoms with E-state index in [9.17, 15) is 0 Å². The van der Waals surface area contributed by atoms with Crippen LogP contribution in [0.3, 0.4) is 0 Å². The van der Waals surface area contributed by atoms with E-state index in [1.165, 1.54) is 29.7 Å². The smallest absolute Gasteiger partial charge is 0.113 e. The van der Waals surface area contributed by atoms with E-state index in [1.807, 2.05) is 6.20 Å². The quantitative estimate of drug-likeness (QED) is 0.881. The van der Waals surface area contributed by atoms with E-state index in [0.29, 0.717) is 12.0 Å². The standard InChI is InChI=1S/C16H21N3/c1-11(2)17-9-13-10-18-16(19-13)15-8-7-12-5-3-4-6-14(12)15/h3-6,10-11,15,17H,7-9H2,1-2H3,(H,18,19). The summed E-state index contributed by atoms with van der Waals surface area (Å²) in [7, 11) is 0. The molecule has 0 bridgehead atoms. The molecule has 0 saturated heterocycles. The Morgan fingerprint density at radius 3 is 3.05 bits per heavy atom. The number of aromatic amines is 1. The van der Waals surface area contributed by atoms with Gasteiger partial charge in [-0.15, -0.1) is 0 Å². The number of hydrogen-bond donors (Lipinski definition) is 2. The van der Waals surface area contributed by atoms with Crippen molar-refractivity contribution in [3.8, 4) is 0 Å². The molecular weight excluding hydrogens is 234 g/mol. The first-order chi connectivity index (χ1) is 9.24. The minimum Gasteiger partial charge on any atom is -0.344 e. The summed E-state index contributed by atoms with van der Waals surface area (Å²) in [6, 6.07) is 9.22. The van der Waals surface area contributed by atoms with Gasteiger partial charge >= 0.3 is 0 Å². The Morgan fingerprint density at radius 1 is 1.37 bits per heavy atom. The molecule has 2 aromatic rings. The van der Waals surface area contributed by atoms with Crippen molar-refractivity contribution in [1.82, 2.24) is 15.3 Å². The molecule has 3 rings (SSSR count). The average Bonchev–Trinajstić information content (AvgIpc) is 3.02. The minimum absolute atomic E-state index is 0.448. The fourth-order valence-electron chi connectivity index (χ4n) is 2.80. The summed E-state index contributed by atoms with van der Waals surface area (Å²) in [6.45, 7) is 5.17. The Morgan fingerprint density at radius 2 is 2.21 bits per heavy atom. The molecule has 0 fully saturated rings. The van der Waals surface area contributed by atoms with Crippen LogP contribution in [0.25, 0.3) is 0 Å². The number of hydrogen-bond acceptors (Lipinski definition) is 2. The maximum atomic E-state index is 4.58. The molecule has 0 amide bonds. The van der Waals surface area contributed by atoms with Crippen molar-refractivity contribution < 1.29 is 0 Å². The molecule has 3 heteroatoms. The lowest BCUT2D eigenvalue weighted by Gasteiger charge is -2.09. The number of aryl methyl sites for hydroxylation is 1. The first-order valence-corrected chi connectivity index (χ1v) is 7.09. The fraction of sp³-hybridized carbons (Fsp3) is 0.438. The Kier molecular flexibility index (Phi) is 3.38. The van der Waals surface area contributed by atoms with Gasteiger partial charge in [0.1, 0.15) is 5.82 Å². The van der Waals surface area contributed by atoms with E-state index >= 15 is 0 Å². The predicted octanol–water partition coefficient (Wildman–Crippen LogP) is 2.99. The number of aromatic nitrogens is 2. The maximum absolute atomic E-state index is 4.58. The summed E-state index contributed by atoms with van der Waals surface area (Å²) in [5, 5.41) is 3.41. The molecule has 0 saturated carbocycles. The van der Waals surface area contributed by atoms with E-state index in [0.717, 1.165) is 12.4 Å². The number of rotatable bonds is 4. The molecule has 1 aliphatic carbocycles. The number of imidazole rings is 1. The molecule has 0 aliphatic heterocycles. The van der Waals surface area contributed by atoms with E-state index < -0.39 is 0 Å². The van der Waals surface area contributed by atoms with E-state index in [4.69, 9.17) is 0 Å². The molecule has 3 nitrogen and oxygen atoms in total. The first kappa shape index (κ1) is 12.4. The average molecular weight is 255 g/mol. The zero-order chi connectivity index (χ0) is 13.2. The van der Waals surface area contributed by atoms with Gasteiger partial charge in [-0.1, -0.05) is 38.1 Å². The molecule has 1 atom stereocenters. The first-order valence-electron chi connectivity index (χ1n) is 7.09. The lowest BCUT2D eigenvalue weighted by Crippen LogP contribution is -2.22. The predicted molar refractivity (Wildman–Crippen MR) is 77.2 cm³/mol. The molecule has 1 aliphatic rings. The third kappa shape index (κ3) is 2.56. The third-order valence-corrected chi connectivity index (χ3v) is 3.81. The molecule has 19 heavy (non-hydrogen) atoms. The summed E-state index contributed by atoms with van der Waals surface area (Å²) >= 11 is 0. The van der Waals surface area contributed by atoms with Crippen molar-refractivity contribution in [3.63, 3.8) is 0 Å². The molecule has 100 valence electrons. The monoisotopic (exact) mass is 255 g/mol. The van der Waals surface area contributed by atoms with Crippen LogP contribution in [-0.4, -0.2) is 16.0 Å². The van der Waals surface area contributed by atoms with Crippen LogP contribution in [0.1, 0.15) is 48.8 Å². The number of nitrogens with one attached hydrogen (secondary N) is 2. The molecule has 0 spiro atoms. The normalized spacial score (nSPS) is 17.9. The second-order valence-corrected chi connectivity index (χ2v) is 5.62. The van der Waals surface area contributed by atoms with Gasteiger partial charge in [0.25, 0.3) is 0 Å². The summed E-state index contributed by atoms with van der Waals surface area (Å²) in [6.07, 6.45) is 4.30. The molecule has 1 heterocycles. The summed E-state index contributed by atoms with van der Waals surface area (Å²) in [5.74, 6) is 1.56. The van der Waals surface area contributed by atoms with Gasteiger partial charge in [0.2, 0.25) is 0 Å².